The van der Waals surface area contributed by atoms with E-state index >= 15 is 0 Å². The Balaban J connectivity index is 3.04. The van der Waals surface area contributed by atoms with Crippen LogP contribution in [-0.4, -0.2) is 37.5 Å². The van der Waals surface area contributed by atoms with Gasteiger partial charge in [-0.1, -0.05) is 0 Å². The molecule has 1 aromatic heterocycles. The topological polar surface area (TPSA) is 76.6 Å². The van der Waals surface area contributed by atoms with Gasteiger partial charge < -0.3 is 4.74 Å². The normalized spacial score (nSPS) is 11.2. The zero-order valence-corrected chi connectivity index (χ0v) is 10.8. The zero-order chi connectivity index (χ0) is 12.3. The minimum atomic E-state index is -3.83. The molecule has 16 heavy (non-hydrogen) atoms. The second-order valence-electron chi connectivity index (χ2n) is 2.90. The van der Waals surface area contributed by atoms with Crippen LogP contribution in [0.1, 0.15) is 12.6 Å². The summed E-state index contributed by atoms with van der Waals surface area (Å²) in [6.07, 6.45) is -0.893. The third-order valence-corrected chi connectivity index (χ3v) is 5.10. The summed E-state index contributed by atoms with van der Waals surface area (Å²) >= 11 is 0.972. The molecule has 0 aromatic carbocycles. The van der Waals surface area contributed by atoms with Gasteiger partial charge in [0.15, 0.2) is 4.21 Å². The lowest BCUT2D eigenvalue weighted by Crippen LogP contribution is -2.33. The van der Waals surface area contributed by atoms with Gasteiger partial charge in [-0.3, -0.25) is 0 Å². The number of hydrogen-bond donors (Lipinski definition) is 0. The summed E-state index contributed by atoms with van der Waals surface area (Å²) in [5.41, 5.74) is 1.79. The molecule has 0 aliphatic heterocycles. The van der Waals surface area contributed by atoms with Crippen molar-refractivity contribution in [2.75, 3.05) is 13.7 Å². The van der Waals surface area contributed by atoms with Crippen LogP contribution in [0.25, 0.3) is 0 Å². The number of amides is 1. The molecular weight excluding hydrogens is 252 g/mol. The van der Waals surface area contributed by atoms with E-state index in [1.807, 2.05) is 0 Å². The Morgan fingerprint density at radius 1 is 1.62 bits per heavy atom. The lowest BCUT2D eigenvalue weighted by molar-refractivity contribution is 0.136. The predicted octanol–water partition coefficient (Wildman–Crippen LogP) is 1.23. The van der Waals surface area contributed by atoms with Gasteiger partial charge in [0, 0.05) is 7.05 Å². The average Bonchev–Trinajstić information content (AvgIpc) is 2.64. The van der Waals surface area contributed by atoms with Gasteiger partial charge in [-0.2, -0.15) is 8.42 Å². The zero-order valence-electron chi connectivity index (χ0n) is 9.13. The fourth-order valence-electron chi connectivity index (χ4n) is 0.976. The van der Waals surface area contributed by atoms with Crippen LogP contribution in [0.3, 0.4) is 0 Å². The number of thiazole rings is 1. The maximum absolute atomic E-state index is 11.9. The molecule has 0 saturated heterocycles. The van der Waals surface area contributed by atoms with Crippen LogP contribution < -0.4 is 0 Å². The molecular formula is C8H12N2O4S2. The molecule has 1 heterocycles. The molecule has 0 radical (unpaired) electrons. The van der Waals surface area contributed by atoms with Crippen LogP contribution >= 0.6 is 11.3 Å². The molecule has 0 aliphatic rings. The summed E-state index contributed by atoms with van der Waals surface area (Å²) in [7, 11) is -2.67. The van der Waals surface area contributed by atoms with Crippen LogP contribution in [0.2, 0.25) is 0 Å². The number of ether oxygens (including phenoxy) is 1. The predicted molar refractivity (Wildman–Crippen MR) is 58.8 cm³/mol. The maximum atomic E-state index is 11.9. The van der Waals surface area contributed by atoms with Crippen LogP contribution in [-0.2, 0) is 14.8 Å². The Kier molecular flexibility index (Phi) is 3.87. The van der Waals surface area contributed by atoms with Crippen molar-refractivity contribution in [1.82, 2.24) is 9.29 Å². The van der Waals surface area contributed by atoms with E-state index < -0.39 is 16.1 Å². The molecule has 1 rings (SSSR count). The van der Waals surface area contributed by atoms with Gasteiger partial charge in [0.1, 0.15) is 0 Å². The SMILES string of the molecule is CCOC(=O)N(C)S(=O)(=O)c1scnc1C. The molecule has 1 aromatic rings. The van der Waals surface area contributed by atoms with E-state index in [-0.39, 0.29) is 10.8 Å². The Bertz CT molecular complexity index is 480. The summed E-state index contributed by atoms with van der Waals surface area (Å²) in [6.45, 7) is 3.30. The largest absolute Gasteiger partial charge is 0.449 e. The molecule has 90 valence electrons. The van der Waals surface area contributed by atoms with Crippen LogP contribution in [0.4, 0.5) is 4.79 Å². The molecule has 0 aliphatic carbocycles. The van der Waals surface area contributed by atoms with Gasteiger partial charge in [-0.05, 0) is 13.8 Å². The Morgan fingerprint density at radius 3 is 2.69 bits per heavy atom. The van der Waals surface area contributed by atoms with Crippen molar-refractivity contribution < 1.29 is 17.9 Å². The van der Waals surface area contributed by atoms with E-state index in [1.54, 1.807) is 13.8 Å². The molecule has 6 nitrogen and oxygen atoms in total. The number of aromatic nitrogens is 1. The van der Waals surface area contributed by atoms with E-state index in [0.717, 1.165) is 18.4 Å². The van der Waals surface area contributed by atoms with Crippen molar-refractivity contribution in [3.8, 4) is 0 Å². The van der Waals surface area contributed by atoms with Crippen molar-refractivity contribution in [1.29, 1.82) is 0 Å². The van der Waals surface area contributed by atoms with Crippen molar-refractivity contribution in [3.63, 3.8) is 0 Å². The maximum Gasteiger partial charge on any atom is 0.423 e. The van der Waals surface area contributed by atoms with Gasteiger partial charge in [-0.15, -0.1) is 11.3 Å². The van der Waals surface area contributed by atoms with E-state index in [0.29, 0.717) is 10.00 Å². The van der Waals surface area contributed by atoms with Crippen molar-refractivity contribution in [3.05, 3.63) is 11.2 Å². The fraction of sp³-hybridized carbons (Fsp3) is 0.500. The van der Waals surface area contributed by atoms with E-state index in [1.165, 1.54) is 5.51 Å². The van der Waals surface area contributed by atoms with Gasteiger partial charge in [0.25, 0.3) is 10.0 Å². The minimum Gasteiger partial charge on any atom is -0.449 e. The van der Waals surface area contributed by atoms with Gasteiger partial charge in [0.2, 0.25) is 0 Å². The van der Waals surface area contributed by atoms with Crippen molar-refractivity contribution in [2.45, 2.75) is 18.1 Å². The van der Waals surface area contributed by atoms with Gasteiger partial charge >= 0.3 is 6.09 Å². The lowest BCUT2D eigenvalue weighted by Gasteiger charge is -2.15. The first kappa shape index (κ1) is 12.9. The number of aryl methyl sites for hydroxylation is 1. The number of hydrogen-bond acceptors (Lipinski definition) is 6. The van der Waals surface area contributed by atoms with E-state index in [2.05, 4.69) is 9.72 Å². The molecule has 0 fully saturated rings. The monoisotopic (exact) mass is 264 g/mol. The highest BCUT2D eigenvalue weighted by molar-refractivity contribution is 7.91. The highest BCUT2D eigenvalue weighted by Crippen LogP contribution is 2.22. The number of carbonyl (C=O) groups is 1. The summed E-state index contributed by atoms with van der Waals surface area (Å²) < 4.78 is 29.1. The molecule has 1 amide bonds. The van der Waals surface area contributed by atoms with E-state index in [4.69, 9.17) is 0 Å². The number of sulfonamides is 1. The molecule has 0 unspecified atom stereocenters. The third kappa shape index (κ3) is 2.33. The molecule has 0 N–H and O–H groups in total. The average molecular weight is 264 g/mol. The molecule has 0 atom stereocenters. The van der Waals surface area contributed by atoms with Crippen LogP contribution in [0, 0.1) is 6.92 Å². The Labute approximate surface area is 97.9 Å². The highest BCUT2D eigenvalue weighted by atomic mass is 32.2. The Morgan fingerprint density at radius 2 is 2.25 bits per heavy atom. The quantitative estimate of drug-likeness (QED) is 0.820. The fourth-order valence-corrected chi connectivity index (χ4v) is 3.38. The first-order valence-electron chi connectivity index (χ1n) is 4.47. The third-order valence-electron chi connectivity index (χ3n) is 1.82. The summed E-state index contributed by atoms with van der Waals surface area (Å²) in [5, 5.41) is 0. The molecule has 0 spiro atoms. The second-order valence-corrected chi connectivity index (χ2v) is 5.92. The molecule has 0 saturated carbocycles. The number of nitrogens with zero attached hydrogens (tertiary/aromatic N) is 2. The minimum absolute atomic E-state index is 0.0584. The summed E-state index contributed by atoms with van der Waals surface area (Å²) in [5.74, 6) is 0. The van der Waals surface area contributed by atoms with E-state index in [9.17, 15) is 13.2 Å². The number of carbonyl (C=O) groups excluding carboxylic acids is 1. The lowest BCUT2D eigenvalue weighted by atomic mass is 10.6. The highest BCUT2D eigenvalue weighted by Gasteiger charge is 2.29. The first-order valence-corrected chi connectivity index (χ1v) is 6.79. The Hall–Kier alpha value is -1.15. The van der Waals surface area contributed by atoms with Crippen molar-refractivity contribution >= 4 is 27.5 Å². The van der Waals surface area contributed by atoms with Crippen LogP contribution in [0.5, 0.6) is 0 Å². The summed E-state index contributed by atoms with van der Waals surface area (Å²) in [6, 6.07) is 0. The van der Waals surface area contributed by atoms with Crippen LogP contribution in [0.15, 0.2) is 9.72 Å². The summed E-state index contributed by atoms with van der Waals surface area (Å²) in [4.78, 5) is 15.1. The van der Waals surface area contributed by atoms with Gasteiger partial charge in [-0.25, -0.2) is 14.1 Å². The van der Waals surface area contributed by atoms with Crippen molar-refractivity contribution in [2.24, 2.45) is 0 Å². The smallest absolute Gasteiger partial charge is 0.423 e. The number of rotatable bonds is 3. The molecule has 0 bridgehead atoms. The first-order chi connectivity index (χ1) is 7.41. The van der Waals surface area contributed by atoms with Gasteiger partial charge in [0.05, 0.1) is 17.8 Å². The molecule has 8 heteroatoms. The second kappa shape index (κ2) is 4.79. The standard InChI is InChI=1S/C8H12N2O4S2/c1-4-14-8(11)10(3)16(12,13)7-6(2)9-5-15-7/h5H,4H2,1-3H3.